The Balaban J connectivity index is 1.39. The Morgan fingerprint density at radius 3 is 2.32 bits per heavy atom. The number of carbonyl (C=O) groups excluding carboxylic acids is 1. The van der Waals surface area contributed by atoms with Crippen LogP contribution >= 0.6 is 0 Å². The number of ether oxygens (including phenoxy) is 1. The van der Waals surface area contributed by atoms with Crippen molar-refractivity contribution in [3.63, 3.8) is 0 Å². The molecule has 0 atom stereocenters. The topological polar surface area (TPSA) is 69.0 Å². The molecule has 0 unspecified atom stereocenters. The van der Waals surface area contributed by atoms with Gasteiger partial charge in [0, 0.05) is 16.8 Å². The van der Waals surface area contributed by atoms with Gasteiger partial charge < -0.3 is 10.1 Å². The van der Waals surface area contributed by atoms with Crippen LogP contribution in [-0.2, 0) is 12.8 Å². The lowest BCUT2D eigenvalue weighted by atomic mass is 10.0. The molecule has 208 valence electrons. The van der Waals surface area contributed by atoms with Crippen LogP contribution in [0.3, 0.4) is 0 Å². The highest BCUT2D eigenvalue weighted by atomic mass is 19.4. The van der Waals surface area contributed by atoms with Crippen LogP contribution in [0.15, 0.2) is 91.0 Å². The first-order valence-electron chi connectivity index (χ1n) is 12.3. The fraction of sp³-hybridized carbons (Fsp3) is 0.100. The first kappa shape index (κ1) is 27.5. The Bertz CT molecular complexity index is 1700. The number of hydrogen-bond acceptors (Lipinski definition) is 4. The normalized spacial score (nSPS) is 11.4. The Kier molecular flexibility index (Phi) is 7.52. The number of benzene rings is 4. The third kappa shape index (κ3) is 6.40. The van der Waals surface area contributed by atoms with Gasteiger partial charge in [0.25, 0.3) is 5.91 Å². The van der Waals surface area contributed by atoms with E-state index in [1.807, 2.05) is 0 Å². The minimum atomic E-state index is -4.58. The number of anilines is 1. The molecule has 5 aromatic rings. The molecule has 5 rings (SSSR count). The van der Waals surface area contributed by atoms with E-state index in [1.165, 1.54) is 54.1 Å². The summed E-state index contributed by atoms with van der Waals surface area (Å²) in [4.78, 5) is 17.1. The summed E-state index contributed by atoms with van der Waals surface area (Å²) in [7, 11) is 0. The Morgan fingerprint density at radius 2 is 1.63 bits per heavy atom. The maximum Gasteiger partial charge on any atom is 0.416 e. The van der Waals surface area contributed by atoms with E-state index in [1.54, 1.807) is 42.5 Å². The van der Waals surface area contributed by atoms with Crippen molar-refractivity contribution in [3.05, 3.63) is 125 Å². The molecule has 0 radical (unpaired) electrons. The number of aromatic nitrogens is 3. The highest BCUT2D eigenvalue weighted by molar-refractivity contribution is 6.04. The van der Waals surface area contributed by atoms with Crippen LogP contribution in [0.5, 0.6) is 6.01 Å². The Morgan fingerprint density at radius 1 is 0.902 bits per heavy atom. The van der Waals surface area contributed by atoms with Crippen LogP contribution in [0.4, 0.5) is 27.6 Å². The van der Waals surface area contributed by atoms with Gasteiger partial charge in [0.15, 0.2) is 5.82 Å². The number of aryl methyl sites for hydroxylation is 1. The number of halogens is 5. The number of alkyl halides is 3. The molecule has 1 heterocycles. The lowest BCUT2D eigenvalue weighted by Gasteiger charge is -2.12. The van der Waals surface area contributed by atoms with E-state index >= 15 is 0 Å². The molecule has 1 aromatic heterocycles. The van der Waals surface area contributed by atoms with E-state index in [0.717, 1.165) is 6.07 Å². The fourth-order valence-corrected chi connectivity index (χ4v) is 4.04. The highest BCUT2D eigenvalue weighted by Gasteiger charge is 2.33. The third-order valence-electron chi connectivity index (χ3n) is 6.13. The van der Waals surface area contributed by atoms with E-state index in [9.17, 15) is 26.7 Å². The van der Waals surface area contributed by atoms with Crippen molar-refractivity contribution in [3.8, 4) is 23.1 Å². The zero-order valence-corrected chi connectivity index (χ0v) is 21.4. The summed E-state index contributed by atoms with van der Waals surface area (Å²) < 4.78 is 74.1. The van der Waals surface area contributed by atoms with Crippen LogP contribution in [0.25, 0.3) is 17.1 Å². The summed E-state index contributed by atoms with van der Waals surface area (Å²) in [6.45, 7) is 1.39. The van der Waals surface area contributed by atoms with E-state index in [0.29, 0.717) is 22.5 Å². The second-order valence-electron chi connectivity index (χ2n) is 9.08. The summed E-state index contributed by atoms with van der Waals surface area (Å²) in [5, 5.41) is 6.98. The number of rotatable bonds is 7. The molecule has 6 nitrogen and oxygen atoms in total. The van der Waals surface area contributed by atoms with Crippen molar-refractivity contribution in [1.29, 1.82) is 0 Å². The van der Waals surface area contributed by atoms with Crippen molar-refractivity contribution in [2.45, 2.75) is 19.7 Å². The average molecular weight is 565 g/mol. The van der Waals surface area contributed by atoms with E-state index in [4.69, 9.17) is 4.74 Å². The Hall–Kier alpha value is -5.06. The van der Waals surface area contributed by atoms with Crippen LogP contribution in [-0.4, -0.2) is 20.7 Å². The summed E-state index contributed by atoms with van der Waals surface area (Å²) in [5.41, 5.74) is 0.918. The molecule has 0 bridgehead atoms. The second kappa shape index (κ2) is 11.2. The van der Waals surface area contributed by atoms with Crippen LogP contribution in [0.1, 0.15) is 27.0 Å². The first-order chi connectivity index (χ1) is 19.6. The van der Waals surface area contributed by atoms with E-state index in [-0.39, 0.29) is 35.4 Å². The molecule has 1 amide bonds. The molecule has 0 aliphatic rings. The largest absolute Gasteiger partial charge is 0.457 e. The molecule has 11 heteroatoms. The minimum Gasteiger partial charge on any atom is -0.457 e. The summed E-state index contributed by atoms with van der Waals surface area (Å²) in [6, 6.07) is 21.2. The van der Waals surface area contributed by atoms with Gasteiger partial charge in [-0.15, -0.1) is 5.10 Å². The van der Waals surface area contributed by atoms with Gasteiger partial charge in [0.05, 0.1) is 11.3 Å². The molecule has 41 heavy (non-hydrogen) atoms. The van der Waals surface area contributed by atoms with Crippen LogP contribution < -0.4 is 10.1 Å². The quantitative estimate of drug-likeness (QED) is 0.210. The SMILES string of the molecule is Cc1ccc(C(=O)Nc2ccc(-n3nc(OCc4ccc(F)cc4)nc3-c3cccc(F)c3)cc2)cc1C(F)(F)F. The number of nitrogens with zero attached hydrogens (tertiary/aromatic N) is 3. The number of carbonyl (C=O) groups is 1. The maximum atomic E-state index is 14.0. The number of hydrogen-bond donors (Lipinski definition) is 1. The third-order valence-corrected chi connectivity index (χ3v) is 6.13. The minimum absolute atomic E-state index is 0.00851. The van der Waals surface area contributed by atoms with Gasteiger partial charge >= 0.3 is 12.2 Å². The lowest BCUT2D eigenvalue weighted by molar-refractivity contribution is -0.138. The molecular weight excluding hydrogens is 543 g/mol. The number of nitrogens with one attached hydrogen (secondary N) is 1. The van der Waals surface area contributed by atoms with Crippen molar-refractivity contribution in [2.24, 2.45) is 0 Å². The molecule has 4 aromatic carbocycles. The lowest BCUT2D eigenvalue weighted by Crippen LogP contribution is -2.15. The second-order valence-corrected chi connectivity index (χ2v) is 9.08. The molecule has 0 aliphatic carbocycles. The Labute approximate surface area is 231 Å². The van der Waals surface area contributed by atoms with Gasteiger partial charge in [-0.3, -0.25) is 4.79 Å². The zero-order valence-electron chi connectivity index (χ0n) is 21.4. The van der Waals surface area contributed by atoms with Crippen LogP contribution in [0.2, 0.25) is 0 Å². The monoisotopic (exact) mass is 564 g/mol. The number of amides is 1. The summed E-state index contributed by atoms with van der Waals surface area (Å²) >= 11 is 0. The average Bonchev–Trinajstić information content (AvgIpc) is 3.37. The van der Waals surface area contributed by atoms with Crippen molar-refractivity contribution in [2.75, 3.05) is 5.32 Å². The molecule has 0 aliphatic heterocycles. The van der Waals surface area contributed by atoms with Gasteiger partial charge in [-0.25, -0.2) is 13.5 Å². The van der Waals surface area contributed by atoms with Gasteiger partial charge in [-0.1, -0.05) is 30.3 Å². The smallest absolute Gasteiger partial charge is 0.416 e. The van der Waals surface area contributed by atoms with Crippen LogP contribution in [0, 0.1) is 18.6 Å². The predicted octanol–water partition coefficient (Wildman–Crippen LogP) is 7.37. The van der Waals surface area contributed by atoms with Crippen molar-refractivity contribution in [1.82, 2.24) is 14.8 Å². The summed E-state index contributed by atoms with van der Waals surface area (Å²) in [6.07, 6.45) is -4.58. The molecule has 1 N–H and O–H groups in total. The first-order valence-corrected chi connectivity index (χ1v) is 12.3. The fourth-order valence-electron chi connectivity index (χ4n) is 4.04. The standard InChI is InChI=1S/C30H21F5N4O2/c1-18-5-8-21(16-26(18)30(33,34)35)28(40)36-24-11-13-25(14-12-24)39-27(20-3-2-4-23(32)15-20)37-29(38-39)41-17-19-6-9-22(31)10-7-19/h2-16H,17H2,1H3,(H,36,40). The molecular formula is C30H21F5N4O2. The highest BCUT2D eigenvalue weighted by Crippen LogP contribution is 2.32. The van der Waals surface area contributed by atoms with Crippen molar-refractivity contribution >= 4 is 11.6 Å². The van der Waals surface area contributed by atoms with Gasteiger partial charge in [-0.05, 0) is 78.7 Å². The van der Waals surface area contributed by atoms with E-state index in [2.05, 4.69) is 15.4 Å². The van der Waals surface area contributed by atoms with E-state index < -0.39 is 23.5 Å². The summed E-state index contributed by atoms with van der Waals surface area (Å²) in [5.74, 6) is -1.29. The molecule has 0 saturated carbocycles. The maximum absolute atomic E-state index is 14.0. The predicted molar refractivity (Wildman–Crippen MR) is 142 cm³/mol. The van der Waals surface area contributed by atoms with Crippen molar-refractivity contribution < 1.29 is 31.5 Å². The zero-order chi connectivity index (χ0) is 29.1. The molecule has 0 saturated heterocycles. The van der Waals surface area contributed by atoms with Gasteiger partial charge in [-0.2, -0.15) is 18.2 Å². The van der Waals surface area contributed by atoms with Gasteiger partial charge in [0.1, 0.15) is 18.2 Å². The molecule has 0 fully saturated rings. The van der Waals surface area contributed by atoms with Gasteiger partial charge in [0.2, 0.25) is 0 Å². The molecule has 0 spiro atoms.